The number of likely N-dealkylation sites (tertiary alicyclic amines) is 1. The largest absolute Gasteiger partial charge is 0.480 e. The van der Waals surface area contributed by atoms with Crippen LogP contribution in [0.1, 0.15) is 20.3 Å². The molecule has 122 valence electrons. The Hall–Kier alpha value is -1.51. The van der Waals surface area contributed by atoms with Crippen LogP contribution in [0.4, 0.5) is 18.0 Å². The second-order valence-corrected chi connectivity index (χ2v) is 5.22. The number of alkyl halides is 3. The van der Waals surface area contributed by atoms with Crippen molar-refractivity contribution in [1.29, 1.82) is 0 Å². The predicted octanol–water partition coefficient (Wildman–Crippen LogP) is 1.55. The van der Waals surface area contributed by atoms with Crippen molar-refractivity contribution in [3.8, 4) is 0 Å². The van der Waals surface area contributed by atoms with E-state index in [0.717, 1.165) is 4.90 Å². The minimum absolute atomic E-state index is 0.0343. The second kappa shape index (κ2) is 6.50. The first-order valence-corrected chi connectivity index (χ1v) is 6.46. The SMILES string of the molecule is COC1CC(C(=O)O)N(C(=O)N(CC(F)(F)F)C(C)C)C1. The average Bonchev–Trinajstić information content (AvgIpc) is 2.78. The number of rotatable bonds is 4. The summed E-state index contributed by atoms with van der Waals surface area (Å²) in [6.07, 6.45) is -4.97. The molecule has 0 saturated carbocycles. The monoisotopic (exact) mass is 312 g/mol. The smallest absolute Gasteiger partial charge is 0.406 e. The molecule has 1 rings (SSSR count). The zero-order valence-electron chi connectivity index (χ0n) is 12.1. The van der Waals surface area contributed by atoms with Gasteiger partial charge in [-0.3, -0.25) is 0 Å². The van der Waals surface area contributed by atoms with Gasteiger partial charge in [0.2, 0.25) is 0 Å². The molecule has 2 atom stereocenters. The molecule has 1 N–H and O–H groups in total. The van der Waals surface area contributed by atoms with E-state index in [4.69, 9.17) is 9.84 Å². The van der Waals surface area contributed by atoms with Crippen molar-refractivity contribution in [1.82, 2.24) is 9.80 Å². The molecule has 1 aliphatic heterocycles. The molecule has 0 aromatic heterocycles. The van der Waals surface area contributed by atoms with Gasteiger partial charge in [-0.15, -0.1) is 0 Å². The number of methoxy groups -OCH3 is 1. The van der Waals surface area contributed by atoms with Gasteiger partial charge in [0.25, 0.3) is 0 Å². The third kappa shape index (κ3) is 4.48. The fourth-order valence-corrected chi connectivity index (χ4v) is 2.24. The fourth-order valence-electron chi connectivity index (χ4n) is 2.24. The van der Waals surface area contributed by atoms with Crippen LogP contribution >= 0.6 is 0 Å². The van der Waals surface area contributed by atoms with Gasteiger partial charge in [-0.05, 0) is 13.8 Å². The van der Waals surface area contributed by atoms with Gasteiger partial charge < -0.3 is 19.6 Å². The number of urea groups is 1. The van der Waals surface area contributed by atoms with Crippen LogP contribution in [0.5, 0.6) is 0 Å². The maximum absolute atomic E-state index is 12.6. The summed E-state index contributed by atoms with van der Waals surface area (Å²) in [6.45, 7) is 1.45. The molecule has 6 nitrogen and oxygen atoms in total. The lowest BCUT2D eigenvalue weighted by Gasteiger charge is -2.33. The molecule has 0 radical (unpaired) electrons. The van der Waals surface area contributed by atoms with Gasteiger partial charge in [0, 0.05) is 26.1 Å². The zero-order chi connectivity index (χ0) is 16.4. The molecule has 0 bridgehead atoms. The molecular weight excluding hydrogens is 293 g/mol. The molecule has 2 unspecified atom stereocenters. The van der Waals surface area contributed by atoms with E-state index >= 15 is 0 Å². The second-order valence-electron chi connectivity index (χ2n) is 5.22. The Balaban J connectivity index is 2.93. The van der Waals surface area contributed by atoms with Gasteiger partial charge in [-0.25, -0.2) is 9.59 Å². The van der Waals surface area contributed by atoms with E-state index < -0.39 is 42.9 Å². The third-order valence-corrected chi connectivity index (χ3v) is 3.35. The molecular formula is C12H19F3N2O4. The van der Waals surface area contributed by atoms with Crippen molar-refractivity contribution in [2.45, 2.75) is 44.6 Å². The van der Waals surface area contributed by atoms with E-state index in [2.05, 4.69) is 0 Å². The van der Waals surface area contributed by atoms with Gasteiger partial charge in [0.05, 0.1) is 6.10 Å². The van der Waals surface area contributed by atoms with E-state index in [1.165, 1.54) is 21.0 Å². The molecule has 0 spiro atoms. The molecule has 0 aromatic rings. The highest BCUT2D eigenvalue weighted by molar-refractivity contribution is 5.83. The van der Waals surface area contributed by atoms with Crippen LogP contribution in [-0.2, 0) is 9.53 Å². The summed E-state index contributed by atoms with van der Waals surface area (Å²) in [5.41, 5.74) is 0. The number of aliphatic carboxylic acids is 1. The van der Waals surface area contributed by atoms with E-state index in [-0.39, 0.29) is 13.0 Å². The lowest BCUT2D eigenvalue weighted by Crippen LogP contribution is -2.52. The molecule has 1 aliphatic rings. The Morgan fingerprint density at radius 1 is 1.43 bits per heavy atom. The first-order valence-electron chi connectivity index (χ1n) is 6.46. The minimum Gasteiger partial charge on any atom is -0.480 e. The van der Waals surface area contributed by atoms with Crippen LogP contribution in [0.3, 0.4) is 0 Å². The summed E-state index contributed by atoms with van der Waals surface area (Å²) in [5.74, 6) is -1.25. The summed E-state index contributed by atoms with van der Waals surface area (Å²) >= 11 is 0. The predicted molar refractivity (Wildman–Crippen MR) is 66.8 cm³/mol. The van der Waals surface area contributed by atoms with Gasteiger partial charge in [-0.2, -0.15) is 13.2 Å². The Morgan fingerprint density at radius 2 is 2.00 bits per heavy atom. The fraction of sp³-hybridized carbons (Fsp3) is 0.833. The van der Waals surface area contributed by atoms with Crippen molar-refractivity contribution in [2.24, 2.45) is 0 Å². The molecule has 21 heavy (non-hydrogen) atoms. The van der Waals surface area contributed by atoms with Crippen molar-refractivity contribution in [3.05, 3.63) is 0 Å². The zero-order valence-corrected chi connectivity index (χ0v) is 12.1. The maximum Gasteiger partial charge on any atom is 0.406 e. The van der Waals surface area contributed by atoms with Gasteiger partial charge in [0.15, 0.2) is 0 Å². The molecule has 1 heterocycles. The van der Waals surface area contributed by atoms with E-state index in [0.29, 0.717) is 4.90 Å². The molecule has 9 heteroatoms. The molecule has 2 amide bonds. The number of carbonyl (C=O) groups excluding carboxylic acids is 1. The number of hydrogen-bond acceptors (Lipinski definition) is 3. The average molecular weight is 312 g/mol. The number of ether oxygens (including phenoxy) is 1. The van der Waals surface area contributed by atoms with E-state index in [9.17, 15) is 22.8 Å². The van der Waals surface area contributed by atoms with Crippen LogP contribution < -0.4 is 0 Å². The summed E-state index contributed by atoms with van der Waals surface area (Å²) in [5, 5.41) is 9.11. The van der Waals surface area contributed by atoms with Crippen LogP contribution in [0.2, 0.25) is 0 Å². The summed E-state index contributed by atoms with van der Waals surface area (Å²) in [6, 6.07) is -2.80. The lowest BCUT2D eigenvalue weighted by molar-refractivity contribution is -0.145. The van der Waals surface area contributed by atoms with Crippen LogP contribution in [0.25, 0.3) is 0 Å². The highest BCUT2D eigenvalue weighted by Gasteiger charge is 2.44. The molecule has 1 saturated heterocycles. The van der Waals surface area contributed by atoms with E-state index in [1.54, 1.807) is 0 Å². The Bertz CT molecular complexity index is 400. The Kier molecular flexibility index (Phi) is 5.43. The summed E-state index contributed by atoms with van der Waals surface area (Å²) < 4.78 is 42.7. The van der Waals surface area contributed by atoms with Crippen LogP contribution in [0.15, 0.2) is 0 Å². The number of amides is 2. The minimum atomic E-state index is -4.54. The standard InChI is InChI=1S/C12H19F3N2O4/c1-7(2)17(6-12(13,14)15)11(20)16-5-8(21-3)4-9(16)10(18)19/h7-9H,4-6H2,1-3H3,(H,18,19). The number of carboxylic acid groups (broad SMARTS) is 1. The molecule has 0 aliphatic carbocycles. The number of halogens is 3. The highest BCUT2D eigenvalue weighted by Crippen LogP contribution is 2.25. The quantitative estimate of drug-likeness (QED) is 0.855. The first kappa shape index (κ1) is 17.5. The molecule has 0 aromatic carbocycles. The Labute approximate surface area is 120 Å². The van der Waals surface area contributed by atoms with Gasteiger partial charge in [0.1, 0.15) is 12.6 Å². The number of carboxylic acids is 1. The van der Waals surface area contributed by atoms with Crippen molar-refractivity contribution in [2.75, 3.05) is 20.2 Å². The highest BCUT2D eigenvalue weighted by atomic mass is 19.4. The van der Waals surface area contributed by atoms with Gasteiger partial charge in [-0.1, -0.05) is 0 Å². The summed E-state index contributed by atoms with van der Waals surface area (Å²) in [4.78, 5) is 25.0. The third-order valence-electron chi connectivity index (χ3n) is 3.35. The topological polar surface area (TPSA) is 70.1 Å². The Morgan fingerprint density at radius 3 is 2.38 bits per heavy atom. The lowest BCUT2D eigenvalue weighted by atomic mass is 10.2. The van der Waals surface area contributed by atoms with Crippen molar-refractivity contribution < 1.29 is 32.6 Å². The van der Waals surface area contributed by atoms with E-state index in [1.807, 2.05) is 0 Å². The first-order chi connectivity index (χ1) is 9.56. The maximum atomic E-state index is 12.6. The number of nitrogens with zero attached hydrogens (tertiary/aromatic N) is 2. The van der Waals surface area contributed by atoms with Crippen LogP contribution in [-0.4, -0.2) is 71.5 Å². The normalized spacial score (nSPS) is 22.7. The number of carbonyl (C=O) groups is 2. The van der Waals surface area contributed by atoms with Crippen LogP contribution in [0, 0.1) is 0 Å². The molecule has 1 fully saturated rings. The van der Waals surface area contributed by atoms with Crippen molar-refractivity contribution >= 4 is 12.0 Å². The van der Waals surface area contributed by atoms with Crippen molar-refractivity contribution in [3.63, 3.8) is 0 Å². The summed E-state index contributed by atoms with van der Waals surface area (Å²) in [7, 11) is 1.37. The number of hydrogen-bond donors (Lipinski definition) is 1. The van der Waals surface area contributed by atoms with Gasteiger partial charge >= 0.3 is 18.2 Å².